The molecular weight excluding hydrogens is 390 g/mol. The average Bonchev–Trinajstić information content (AvgIpc) is 2.72. The predicted molar refractivity (Wildman–Crippen MR) is 123 cm³/mol. The molecule has 0 bridgehead atoms. The molecule has 2 aromatic rings. The van der Waals surface area contributed by atoms with Gasteiger partial charge in [-0.1, -0.05) is 6.07 Å². The quantitative estimate of drug-likeness (QED) is 0.607. The Bertz CT molecular complexity index is 865. The van der Waals surface area contributed by atoms with Gasteiger partial charge < -0.3 is 10.5 Å². The fourth-order valence-electron chi connectivity index (χ4n) is 4.03. The zero-order valence-corrected chi connectivity index (χ0v) is 18.9. The van der Waals surface area contributed by atoms with Crippen molar-refractivity contribution < 1.29 is 9.53 Å². The van der Waals surface area contributed by atoms with Crippen molar-refractivity contribution in [3.63, 3.8) is 0 Å². The second kappa shape index (κ2) is 10.7. The second-order valence-corrected chi connectivity index (χ2v) is 9.05. The van der Waals surface area contributed by atoms with Crippen LogP contribution in [0.5, 0.6) is 0 Å². The number of carbonyl (C=O) groups excluding carboxylic acids is 1. The van der Waals surface area contributed by atoms with Gasteiger partial charge in [-0.15, -0.1) is 0 Å². The fourth-order valence-corrected chi connectivity index (χ4v) is 4.03. The Morgan fingerprint density at radius 1 is 1.23 bits per heavy atom. The zero-order valence-electron chi connectivity index (χ0n) is 18.9. The number of rotatable bonds is 8. The molecule has 7 nitrogen and oxygen atoms in total. The number of ether oxygens (including phenoxy) is 1. The number of aryl methyl sites for hydroxylation is 1. The third-order valence-electron chi connectivity index (χ3n) is 5.38. The molecule has 2 heterocycles. The van der Waals surface area contributed by atoms with Crippen LogP contribution in [0.15, 0.2) is 36.7 Å². The molecule has 1 aliphatic rings. The summed E-state index contributed by atoms with van der Waals surface area (Å²) in [5.74, 6) is 0. The van der Waals surface area contributed by atoms with Crippen LogP contribution in [0.3, 0.4) is 0 Å². The molecule has 0 aromatic carbocycles. The number of aromatic nitrogens is 2. The molecule has 168 valence electrons. The highest BCUT2D eigenvalue weighted by Gasteiger charge is 2.28. The smallest absolute Gasteiger partial charge is 0.412 e. The number of nitrogens with one attached hydrogen (secondary N) is 1. The van der Waals surface area contributed by atoms with Crippen molar-refractivity contribution >= 4 is 11.8 Å². The Morgan fingerprint density at radius 3 is 2.77 bits per heavy atom. The van der Waals surface area contributed by atoms with Gasteiger partial charge in [0.15, 0.2) is 0 Å². The van der Waals surface area contributed by atoms with E-state index in [2.05, 4.69) is 21.3 Å². The van der Waals surface area contributed by atoms with Crippen LogP contribution in [0.4, 0.5) is 10.5 Å². The third kappa shape index (κ3) is 6.74. The number of carbonyl (C=O) groups is 1. The molecule has 1 unspecified atom stereocenters. The molecule has 0 aliphatic heterocycles. The van der Waals surface area contributed by atoms with E-state index in [1.54, 1.807) is 6.20 Å². The lowest BCUT2D eigenvalue weighted by molar-refractivity contribution is 0.0635. The molecule has 1 aliphatic carbocycles. The molecule has 0 fully saturated rings. The number of nitrogens with two attached hydrogens (primary N) is 1. The topological polar surface area (TPSA) is 93.4 Å². The number of amides is 1. The van der Waals surface area contributed by atoms with Crippen molar-refractivity contribution in [1.82, 2.24) is 14.9 Å². The molecule has 1 atom stereocenters. The summed E-state index contributed by atoms with van der Waals surface area (Å²) in [6.07, 6.45) is 8.44. The number of hydrogen-bond acceptors (Lipinski definition) is 6. The monoisotopic (exact) mass is 425 g/mol. The van der Waals surface area contributed by atoms with E-state index in [9.17, 15) is 4.79 Å². The minimum atomic E-state index is -0.557. The molecule has 0 saturated heterocycles. The number of unbranched alkanes of at least 4 members (excludes halogenated alkanes) is 1. The van der Waals surface area contributed by atoms with Gasteiger partial charge in [0.05, 0.1) is 23.1 Å². The van der Waals surface area contributed by atoms with Gasteiger partial charge >= 0.3 is 6.09 Å². The SMILES string of the molecule is CC(C)(C)OC(=O)Nc1cccnc1CN(CCCCN)C1CCCc2cccnc21. The Balaban J connectivity index is 1.82. The standard InChI is InChI=1S/C24H35N5O2/c1-24(2,3)31-23(30)28-19-11-8-14-26-20(19)17-29(16-5-4-13-25)21-12-6-9-18-10-7-15-27-22(18)21/h7-8,10-11,14-15,21H,4-6,9,12-13,16-17,25H2,1-3H3,(H,28,30). The summed E-state index contributed by atoms with van der Waals surface area (Å²) in [4.78, 5) is 24.1. The van der Waals surface area contributed by atoms with Crippen LogP contribution < -0.4 is 11.1 Å². The van der Waals surface area contributed by atoms with E-state index in [-0.39, 0.29) is 6.04 Å². The highest BCUT2D eigenvalue weighted by Crippen LogP contribution is 2.34. The van der Waals surface area contributed by atoms with E-state index in [0.29, 0.717) is 18.8 Å². The highest BCUT2D eigenvalue weighted by molar-refractivity contribution is 5.85. The minimum Gasteiger partial charge on any atom is -0.444 e. The van der Waals surface area contributed by atoms with Gasteiger partial charge in [0.1, 0.15) is 5.60 Å². The van der Waals surface area contributed by atoms with E-state index < -0.39 is 11.7 Å². The lowest BCUT2D eigenvalue weighted by atomic mass is 9.90. The fraction of sp³-hybridized carbons (Fsp3) is 0.542. The van der Waals surface area contributed by atoms with E-state index in [1.165, 1.54) is 11.3 Å². The van der Waals surface area contributed by atoms with E-state index in [1.807, 2.05) is 45.2 Å². The Kier molecular flexibility index (Phi) is 7.98. The van der Waals surface area contributed by atoms with Crippen LogP contribution in [0.2, 0.25) is 0 Å². The van der Waals surface area contributed by atoms with Gasteiger partial charge in [-0.05, 0) is 89.7 Å². The third-order valence-corrected chi connectivity index (χ3v) is 5.38. The van der Waals surface area contributed by atoms with Gasteiger partial charge in [-0.3, -0.25) is 20.2 Å². The molecule has 3 rings (SSSR count). The molecule has 0 spiro atoms. The van der Waals surface area contributed by atoms with Crippen LogP contribution >= 0.6 is 0 Å². The molecule has 1 amide bonds. The first-order valence-corrected chi connectivity index (χ1v) is 11.2. The normalized spacial score (nSPS) is 16.1. The van der Waals surface area contributed by atoms with E-state index in [0.717, 1.165) is 44.3 Å². The summed E-state index contributed by atoms with van der Waals surface area (Å²) in [6, 6.07) is 8.13. The van der Waals surface area contributed by atoms with Crippen LogP contribution in [-0.2, 0) is 17.7 Å². The van der Waals surface area contributed by atoms with Gasteiger partial charge in [0, 0.05) is 18.9 Å². The van der Waals surface area contributed by atoms with E-state index in [4.69, 9.17) is 15.5 Å². The van der Waals surface area contributed by atoms with Crippen molar-refractivity contribution in [2.75, 3.05) is 18.4 Å². The van der Waals surface area contributed by atoms with Crippen molar-refractivity contribution in [3.8, 4) is 0 Å². The van der Waals surface area contributed by atoms with Gasteiger partial charge in [0.25, 0.3) is 0 Å². The van der Waals surface area contributed by atoms with Crippen molar-refractivity contribution in [2.45, 2.75) is 71.1 Å². The average molecular weight is 426 g/mol. The van der Waals surface area contributed by atoms with Gasteiger partial charge in [-0.25, -0.2) is 4.79 Å². The predicted octanol–water partition coefficient (Wildman–Crippen LogP) is 4.44. The first-order valence-electron chi connectivity index (χ1n) is 11.2. The van der Waals surface area contributed by atoms with Crippen molar-refractivity contribution in [2.24, 2.45) is 5.73 Å². The number of anilines is 1. The summed E-state index contributed by atoms with van der Waals surface area (Å²) in [5, 5.41) is 2.88. The summed E-state index contributed by atoms with van der Waals surface area (Å²) in [6.45, 7) is 7.76. The molecular formula is C24H35N5O2. The second-order valence-electron chi connectivity index (χ2n) is 9.05. The lowest BCUT2D eigenvalue weighted by Crippen LogP contribution is -2.33. The Labute approximate surface area is 185 Å². The number of hydrogen-bond donors (Lipinski definition) is 2. The Morgan fingerprint density at radius 2 is 2.00 bits per heavy atom. The number of pyridine rings is 2. The summed E-state index contributed by atoms with van der Waals surface area (Å²) >= 11 is 0. The molecule has 31 heavy (non-hydrogen) atoms. The first-order chi connectivity index (χ1) is 14.9. The molecule has 0 radical (unpaired) electrons. The lowest BCUT2D eigenvalue weighted by Gasteiger charge is -2.35. The van der Waals surface area contributed by atoms with Gasteiger partial charge in [0.2, 0.25) is 0 Å². The summed E-state index contributed by atoms with van der Waals surface area (Å²) in [5.41, 5.74) is 9.19. The van der Waals surface area contributed by atoms with Crippen LogP contribution in [0.1, 0.15) is 69.4 Å². The molecule has 2 aromatic heterocycles. The maximum Gasteiger partial charge on any atom is 0.412 e. The van der Waals surface area contributed by atoms with Crippen molar-refractivity contribution in [1.29, 1.82) is 0 Å². The van der Waals surface area contributed by atoms with Gasteiger partial charge in [-0.2, -0.15) is 0 Å². The molecule has 3 N–H and O–H groups in total. The first kappa shape index (κ1) is 23.2. The van der Waals surface area contributed by atoms with Crippen LogP contribution in [-0.4, -0.2) is 39.7 Å². The van der Waals surface area contributed by atoms with Crippen LogP contribution in [0.25, 0.3) is 0 Å². The van der Waals surface area contributed by atoms with Crippen LogP contribution in [0, 0.1) is 0 Å². The Hall–Kier alpha value is -2.51. The minimum absolute atomic E-state index is 0.235. The maximum absolute atomic E-state index is 12.3. The maximum atomic E-state index is 12.3. The largest absolute Gasteiger partial charge is 0.444 e. The van der Waals surface area contributed by atoms with Crippen molar-refractivity contribution in [3.05, 3.63) is 53.6 Å². The summed E-state index contributed by atoms with van der Waals surface area (Å²) < 4.78 is 5.43. The highest BCUT2D eigenvalue weighted by atomic mass is 16.6. The van der Waals surface area contributed by atoms with E-state index >= 15 is 0 Å². The number of nitrogens with zero attached hydrogens (tertiary/aromatic N) is 3. The molecule has 0 saturated carbocycles. The summed E-state index contributed by atoms with van der Waals surface area (Å²) in [7, 11) is 0. The molecule has 7 heteroatoms. The number of fused-ring (bicyclic) bond motifs is 1. The zero-order chi connectivity index (χ0) is 22.3.